The average Bonchev–Trinajstić information content (AvgIpc) is 2.36. The molecular formula is C15H23FN2O. The normalized spacial score (nSPS) is 13.1. The molecule has 0 radical (unpaired) electrons. The zero-order chi connectivity index (χ0) is 14.5. The molecular weight excluding hydrogens is 243 g/mol. The van der Waals surface area contributed by atoms with E-state index in [4.69, 9.17) is 0 Å². The monoisotopic (exact) mass is 266 g/mol. The molecule has 0 saturated carbocycles. The Morgan fingerprint density at radius 1 is 1.42 bits per heavy atom. The van der Waals surface area contributed by atoms with Crippen LogP contribution in [-0.4, -0.2) is 25.0 Å². The summed E-state index contributed by atoms with van der Waals surface area (Å²) in [6.45, 7) is 9.06. The lowest BCUT2D eigenvalue weighted by atomic mass is 9.83. The number of carbonyl (C=O) groups is 1. The van der Waals surface area contributed by atoms with Crippen LogP contribution >= 0.6 is 0 Å². The number of hydrogen-bond acceptors (Lipinski definition) is 2. The Hall–Kier alpha value is -1.42. The van der Waals surface area contributed by atoms with Crippen molar-refractivity contribution in [3.8, 4) is 0 Å². The largest absolute Gasteiger partial charge is 0.354 e. The minimum absolute atomic E-state index is 0.0946. The molecule has 0 aliphatic heterocycles. The highest BCUT2D eigenvalue weighted by molar-refractivity contribution is 5.87. The highest BCUT2D eigenvalue weighted by atomic mass is 19.1. The summed E-state index contributed by atoms with van der Waals surface area (Å²) in [6, 6.07) is 6.41. The van der Waals surface area contributed by atoms with Crippen LogP contribution in [0, 0.1) is 5.82 Å². The van der Waals surface area contributed by atoms with E-state index in [1.54, 1.807) is 26.0 Å². The fourth-order valence-corrected chi connectivity index (χ4v) is 1.90. The lowest BCUT2D eigenvalue weighted by Gasteiger charge is -2.25. The maximum Gasteiger partial charge on any atom is 0.230 e. The fourth-order valence-electron chi connectivity index (χ4n) is 1.90. The van der Waals surface area contributed by atoms with E-state index in [2.05, 4.69) is 10.6 Å². The van der Waals surface area contributed by atoms with Gasteiger partial charge < -0.3 is 10.6 Å². The van der Waals surface area contributed by atoms with E-state index in [9.17, 15) is 9.18 Å². The third-order valence-electron chi connectivity index (χ3n) is 3.24. The second-order valence-corrected chi connectivity index (χ2v) is 5.30. The maximum absolute atomic E-state index is 13.2. The third kappa shape index (κ3) is 4.31. The molecule has 0 aliphatic rings. The first-order chi connectivity index (χ1) is 8.87. The van der Waals surface area contributed by atoms with Crippen LogP contribution in [0.4, 0.5) is 4.39 Å². The summed E-state index contributed by atoms with van der Waals surface area (Å²) < 4.78 is 13.2. The lowest BCUT2D eigenvalue weighted by molar-refractivity contribution is -0.125. The molecule has 1 amide bonds. The maximum atomic E-state index is 13.2. The van der Waals surface area contributed by atoms with Crippen molar-refractivity contribution in [1.29, 1.82) is 0 Å². The molecule has 1 aromatic rings. The quantitative estimate of drug-likeness (QED) is 0.829. The SMILES string of the molecule is CCN[C@H](C)CNC(=O)C(C)(C)c1cccc(F)c1. The zero-order valence-electron chi connectivity index (χ0n) is 12.1. The number of carbonyl (C=O) groups excluding carboxylic acids is 1. The Labute approximate surface area is 114 Å². The Morgan fingerprint density at radius 3 is 2.68 bits per heavy atom. The van der Waals surface area contributed by atoms with Gasteiger partial charge >= 0.3 is 0 Å². The molecule has 1 rings (SSSR count). The van der Waals surface area contributed by atoms with E-state index in [0.717, 1.165) is 6.54 Å². The van der Waals surface area contributed by atoms with Crippen molar-refractivity contribution < 1.29 is 9.18 Å². The molecule has 3 nitrogen and oxygen atoms in total. The van der Waals surface area contributed by atoms with Gasteiger partial charge in [-0.25, -0.2) is 4.39 Å². The van der Waals surface area contributed by atoms with E-state index in [1.165, 1.54) is 12.1 Å². The second-order valence-electron chi connectivity index (χ2n) is 5.30. The Morgan fingerprint density at radius 2 is 2.11 bits per heavy atom. The van der Waals surface area contributed by atoms with Crippen LogP contribution in [0.5, 0.6) is 0 Å². The first kappa shape index (κ1) is 15.6. The van der Waals surface area contributed by atoms with Crippen molar-refractivity contribution in [3.63, 3.8) is 0 Å². The van der Waals surface area contributed by atoms with E-state index in [1.807, 2.05) is 13.8 Å². The highest BCUT2D eigenvalue weighted by Gasteiger charge is 2.29. The van der Waals surface area contributed by atoms with Crippen molar-refractivity contribution >= 4 is 5.91 Å². The molecule has 2 N–H and O–H groups in total. The van der Waals surface area contributed by atoms with Crippen LogP contribution in [0.2, 0.25) is 0 Å². The predicted octanol–water partition coefficient (Wildman–Crippen LogP) is 2.22. The van der Waals surface area contributed by atoms with Gasteiger partial charge in [-0.05, 0) is 45.0 Å². The fraction of sp³-hybridized carbons (Fsp3) is 0.533. The smallest absolute Gasteiger partial charge is 0.230 e. The van der Waals surface area contributed by atoms with E-state index < -0.39 is 5.41 Å². The standard InChI is InChI=1S/C15H23FN2O/c1-5-17-11(2)10-18-14(19)15(3,4)12-7-6-8-13(16)9-12/h6-9,11,17H,5,10H2,1-4H3,(H,18,19)/t11-/m1/s1. The summed E-state index contributed by atoms with van der Waals surface area (Å²) in [5, 5.41) is 6.13. The van der Waals surface area contributed by atoms with Gasteiger partial charge in [0.1, 0.15) is 5.82 Å². The summed E-state index contributed by atoms with van der Waals surface area (Å²) in [5.74, 6) is -0.415. The summed E-state index contributed by atoms with van der Waals surface area (Å²) in [5.41, 5.74) is -0.0605. The predicted molar refractivity (Wildman–Crippen MR) is 75.6 cm³/mol. The van der Waals surface area contributed by atoms with Crippen LogP contribution in [0.15, 0.2) is 24.3 Å². The average molecular weight is 266 g/mol. The van der Waals surface area contributed by atoms with Crippen molar-refractivity contribution in [3.05, 3.63) is 35.6 Å². The van der Waals surface area contributed by atoms with E-state index in [-0.39, 0.29) is 17.8 Å². The molecule has 0 unspecified atom stereocenters. The van der Waals surface area contributed by atoms with Gasteiger partial charge in [-0.1, -0.05) is 19.1 Å². The molecule has 4 heteroatoms. The summed E-state index contributed by atoms with van der Waals surface area (Å²) in [7, 11) is 0. The first-order valence-electron chi connectivity index (χ1n) is 6.65. The van der Waals surface area contributed by atoms with E-state index in [0.29, 0.717) is 12.1 Å². The molecule has 106 valence electrons. The first-order valence-corrected chi connectivity index (χ1v) is 6.65. The second kappa shape index (κ2) is 6.66. The molecule has 0 bridgehead atoms. The van der Waals surface area contributed by atoms with Gasteiger partial charge in [0.05, 0.1) is 5.41 Å². The summed E-state index contributed by atoms with van der Waals surface area (Å²) >= 11 is 0. The zero-order valence-corrected chi connectivity index (χ0v) is 12.1. The van der Waals surface area contributed by atoms with Crippen LogP contribution in [0.1, 0.15) is 33.3 Å². The molecule has 0 spiro atoms. The Kier molecular flexibility index (Phi) is 5.48. The topological polar surface area (TPSA) is 41.1 Å². The summed E-state index contributed by atoms with van der Waals surface area (Å²) in [4.78, 5) is 12.2. The minimum Gasteiger partial charge on any atom is -0.354 e. The van der Waals surface area contributed by atoms with Crippen LogP contribution in [0.3, 0.4) is 0 Å². The van der Waals surface area contributed by atoms with Crippen LogP contribution in [0.25, 0.3) is 0 Å². The summed E-state index contributed by atoms with van der Waals surface area (Å²) in [6.07, 6.45) is 0. The third-order valence-corrected chi connectivity index (χ3v) is 3.24. The number of amides is 1. The molecule has 1 atom stereocenters. The molecule has 0 saturated heterocycles. The number of likely N-dealkylation sites (N-methyl/N-ethyl adjacent to an activating group) is 1. The van der Waals surface area contributed by atoms with Crippen LogP contribution < -0.4 is 10.6 Å². The highest BCUT2D eigenvalue weighted by Crippen LogP contribution is 2.23. The van der Waals surface area contributed by atoms with Gasteiger partial charge in [0, 0.05) is 12.6 Å². The van der Waals surface area contributed by atoms with Crippen molar-refractivity contribution in [2.75, 3.05) is 13.1 Å². The van der Waals surface area contributed by atoms with Crippen molar-refractivity contribution in [1.82, 2.24) is 10.6 Å². The Bertz CT molecular complexity index is 432. The number of hydrogen-bond donors (Lipinski definition) is 2. The van der Waals surface area contributed by atoms with Crippen molar-refractivity contribution in [2.24, 2.45) is 0 Å². The number of nitrogens with one attached hydrogen (secondary N) is 2. The van der Waals surface area contributed by atoms with Gasteiger partial charge in [-0.2, -0.15) is 0 Å². The van der Waals surface area contributed by atoms with E-state index >= 15 is 0 Å². The number of rotatable bonds is 6. The molecule has 0 aliphatic carbocycles. The molecule has 0 aromatic heterocycles. The van der Waals surface area contributed by atoms with Gasteiger partial charge in [0.25, 0.3) is 0 Å². The van der Waals surface area contributed by atoms with Crippen molar-refractivity contribution in [2.45, 2.75) is 39.2 Å². The van der Waals surface area contributed by atoms with Gasteiger partial charge in [-0.15, -0.1) is 0 Å². The molecule has 19 heavy (non-hydrogen) atoms. The minimum atomic E-state index is -0.742. The van der Waals surface area contributed by atoms with Gasteiger partial charge in [0.15, 0.2) is 0 Å². The molecule has 1 aromatic carbocycles. The number of halogens is 1. The molecule has 0 fully saturated rings. The number of benzene rings is 1. The van der Waals surface area contributed by atoms with Gasteiger partial charge in [0.2, 0.25) is 5.91 Å². The van der Waals surface area contributed by atoms with Gasteiger partial charge in [-0.3, -0.25) is 4.79 Å². The lowest BCUT2D eigenvalue weighted by Crippen LogP contribution is -2.45. The molecule has 0 heterocycles. The Balaban J connectivity index is 2.69. The van der Waals surface area contributed by atoms with Crippen LogP contribution in [-0.2, 0) is 10.2 Å².